The lowest BCUT2D eigenvalue weighted by atomic mass is 9.90. The Kier molecular flexibility index (Phi) is 4.49. The number of hydrogen-bond donors (Lipinski definition) is 0. The van der Waals surface area contributed by atoms with Crippen molar-refractivity contribution in [1.29, 1.82) is 0 Å². The van der Waals surface area contributed by atoms with E-state index in [1.807, 2.05) is 6.20 Å². The van der Waals surface area contributed by atoms with Crippen LogP contribution >= 0.6 is 0 Å². The molecular formula is C18H28N4O. The fourth-order valence-corrected chi connectivity index (χ4v) is 3.94. The zero-order valence-electron chi connectivity index (χ0n) is 14.2. The average molecular weight is 316 g/mol. The number of piperidine rings is 1. The molecule has 1 saturated carbocycles. The van der Waals surface area contributed by atoms with Gasteiger partial charge in [-0.3, -0.25) is 4.90 Å². The summed E-state index contributed by atoms with van der Waals surface area (Å²) >= 11 is 0. The SMILES string of the molecule is CCN1CCc2nc(OC3CCN(C4CCC4)CC3)ncc2C1. The summed E-state index contributed by atoms with van der Waals surface area (Å²) in [5, 5.41) is 0. The van der Waals surface area contributed by atoms with E-state index in [1.54, 1.807) is 0 Å². The van der Waals surface area contributed by atoms with Gasteiger partial charge >= 0.3 is 6.01 Å². The van der Waals surface area contributed by atoms with Crippen molar-refractivity contribution in [3.63, 3.8) is 0 Å². The van der Waals surface area contributed by atoms with Crippen LogP contribution in [0.2, 0.25) is 0 Å². The van der Waals surface area contributed by atoms with Crippen LogP contribution < -0.4 is 4.74 Å². The summed E-state index contributed by atoms with van der Waals surface area (Å²) in [6.45, 7) is 7.72. The van der Waals surface area contributed by atoms with Gasteiger partial charge in [-0.2, -0.15) is 4.98 Å². The molecule has 0 bridgehead atoms. The fraction of sp³-hybridized carbons (Fsp3) is 0.778. The maximum Gasteiger partial charge on any atom is 0.316 e. The lowest BCUT2D eigenvalue weighted by Gasteiger charge is -2.41. The highest BCUT2D eigenvalue weighted by molar-refractivity contribution is 5.22. The monoisotopic (exact) mass is 316 g/mol. The summed E-state index contributed by atoms with van der Waals surface area (Å²) in [7, 11) is 0. The van der Waals surface area contributed by atoms with Crippen LogP contribution in [0, 0.1) is 0 Å². The van der Waals surface area contributed by atoms with Gasteiger partial charge in [0.05, 0.1) is 5.69 Å². The number of fused-ring (bicyclic) bond motifs is 1. The highest BCUT2D eigenvalue weighted by atomic mass is 16.5. The Hall–Kier alpha value is -1.20. The minimum atomic E-state index is 0.292. The first kappa shape index (κ1) is 15.3. The Bertz CT molecular complexity index is 538. The number of aromatic nitrogens is 2. The van der Waals surface area contributed by atoms with Crippen LogP contribution in [-0.2, 0) is 13.0 Å². The molecule has 1 saturated heterocycles. The van der Waals surface area contributed by atoms with E-state index in [9.17, 15) is 0 Å². The summed E-state index contributed by atoms with van der Waals surface area (Å²) in [4.78, 5) is 14.2. The number of hydrogen-bond acceptors (Lipinski definition) is 5. The van der Waals surface area contributed by atoms with Crippen LogP contribution in [0.1, 0.15) is 50.3 Å². The Balaban J connectivity index is 1.33. The maximum atomic E-state index is 6.09. The van der Waals surface area contributed by atoms with Crippen molar-refractivity contribution in [3.05, 3.63) is 17.5 Å². The molecule has 2 aliphatic heterocycles. The molecule has 1 aromatic heterocycles. The zero-order valence-corrected chi connectivity index (χ0v) is 14.2. The molecule has 0 N–H and O–H groups in total. The Labute approximate surface area is 139 Å². The van der Waals surface area contributed by atoms with Crippen molar-refractivity contribution in [2.45, 2.75) is 64.1 Å². The van der Waals surface area contributed by atoms with Crippen molar-refractivity contribution in [2.24, 2.45) is 0 Å². The summed E-state index contributed by atoms with van der Waals surface area (Å²) in [5.74, 6) is 0. The average Bonchev–Trinajstić information content (AvgIpc) is 2.54. The van der Waals surface area contributed by atoms with Crippen LogP contribution in [0.3, 0.4) is 0 Å². The molecule has 0 radical (unpaired) electrons. The van der Waals surface area contributed by atoms with E-state index < -0.39 is 0 Å². The van der Waals surface area contributed by atoms with Crippen LogP contribution in [0.15, 0.2) is 6.20 Å². The second kappa shape index (κ2) is 6.73. The summed E-state index contributed by atoms with van der Waals surface area (Å²) < 4.78 is 6.09. The van der Waals surface area contributed by atoms with Gasteiger partial charge in [0.15, 0.2) is 0 Å². The van der Waals surface area contributed by atoms with Gasteiger partial charge in [0.2, 0.25) is 0 Å². The van der Waals surface area contributed by atoms with E-state index in [4.69, 9.17) is 4.74 Å². The molecule has 23 heavy (non-hydrogen) atoms. The number of nitrogens with zero attached hydrogens (tertiary/aromatic N) is 4. The molecule has 5 heteroatoms. The highest BCUT2D eigenvalue weighted by Crippen LogP contribution is 2.28. The van der Waals surface area contributed by atoms with Crippen LogP contribution in [-0.4, -0.2) is 58.1 Å². The van der Waals surface area contributed by atoms with Crippen molar-refractivity contribution < 1.29 is 4.74 Å². The van der Waals surface area contributed by atoms with Gasteiger partial charge in [0, 0.05) is 50.4 Å². The van der Waals surface area contributed by atoms with E-state index in [0.29, 0.717) is 12.1 Å². The summed E-state index contributed by atoms with van der Waals surface area (Å²) in [6.07, 6.45) is 9.72. The van der Waals surface area contributed by atoms with Crippen molar-refractivity contribution in [1.82, 2.24) is 19.8 Å². The number of rotatable bonds is 4. The molecule has 0 unspecified atom stereocenters. The molecule has 4 rings (SSSR count). The van der Waals surface area contributed by atoms with E-state index >= 15 is 0 Å². The third kappa shape index (κ3) is 3.36. The van der Waals surface area contributed by atoms with Gasteiger partial charge in [0.1, 0.15) is 6.10 Å². The second-order valence-electron chi connectivity index (χ2n) is 7.18. The Morgan fingerprint density at radius 2 is 2.00 bits per heavy atom. The molecule has 0 amide bonds. The van der Waals surface area contributed by atoms with E-state index in [2.05, 4.69) is 26.7 Å². The maximum absolute atomic E-state index is 6.09. The molecule has 5 nitrogen and oxygen atoms in total. The second-order valence-corrected chi connectivity index (χ2v) is 7.18. The van der Waals surface area contributed by atoms with Crippen LogP contribution in [0.25, 0.3) is 0 Å². The first-order chi connectivity index (χ1) is 11.3. The molecule has 1 aliphatic carbocycles. The van der Waals surface area contributed by atoms with Crippen LogP contribution in [0.4, 0.5) is 0 Å². The Morgan fingerprint density at radius 1 is 1.17 bits per heavy atom. The molecule has 0 atom stereocenters. The standard InChI is InChI=1S/C18H28N4O/c1-2-21-9-8-17-14(13-21)12-19-18(20-17)23-16-6-10-22(11-7-16)15-4-3-5-15/h12,15-16H,2-11,13H2,1H3. The van der Waals surface area contributed by atoms with E-state index in [0.717, 1.165) is 44.9 Å². The molecule has 3 heterocycles. The Morgan fingerprint density at radius 3 is 2.70 bits per heavy atom. The molecule has 0 aromatic carbocycles. The van der Waals surface area contributed by atoms with Gasteiger partial charge in [0.25, 0.3) is 0 Å². The lowest BCUT2D eigenvalue weighted by molar-refractivity contribution is 0.0452. The van der Waals surface area contributed by atoms with Crippen molar-refractivity contribution >= 4 is 0 Å². The summed E-state index contributed by atoms with van der Waals surface area (Å²) in [6, 6.07) is 1.45. The zero-order chi connectivity index (χ0) is 15.6. The normalized spacial score (nSPS) is 24.2. The molecular weight excluding hydrogens is 288 g/mol. The first-order valence-electron chi connectivity index (χ1n) is 9.29. The fourth-order valence-electron chi connectivity index (χ4n) is 3.94. The van der Waals surface area contributed by atoms with Gasteiger partial charge in [-0.05, 0) is 32.2 Å². The minimum Gasteiger partial charge on any atom is -0.460 e. The predicted molar refractivity (Wildman–Crippen MR) is 89.5 cm³/mol. The third-order valence-corrected chi connectivity index (χ3v) is 5.78. The molecule has 126 valence electrons. The minimum absolute atomic E-state index is 0.292. The number of likely N-dealkylation sites (tertiary alicyclic amines) is 1. The van der Waals surface area contributed by atoms with Crippen LogP contribution in [0.5, 0.6) is 6.01 Å². The smallest absolute Gasteiger partial charge is 0.316 e. The third-order valence-electron chi connectivity index (χ3n) is 5.78. The predicted octanol–water partition coefficient (Wildman–Crippen LogP) is 2.25. The van der Waals surface area contributed by atoms with Crippen molar-refractivity contribution in [2.75, 3.05) is 26.2 Å². The summed E-state index contributed by atoms with van der Waals surface area (Å²) in [5.41, 5.74) is 2.46. The molecule has 3 aliphatic rings. The molecule has 2 fully saturated rings. The lowest BCUT2D eigenvalue weighted by Crippen LogP contribution is -2.46. The van der Waals surface area contributed by atoms with Crippen molar-refractivity contribution in [3.8, 4) is 6.01 Å². The van der Waals surface area contributed by atoms with Gasteiger partial charge in [-0.25, -0.2) is 4.98 Å². The quantitative estimate of drug-likeness (QED) is 0.852. The molecule has 0 spiro atoms. The highest BCUT2D eigenvalue weighted by Gasteiger charge is 2.29. The van der Waals surface area contributed by atoms with Gasteiger partial charge < -0.3 is 9.64 Å². The number of likely N-dealkylation sites (N-methyl/N-ethyl adjacent to an activating group) is 1. The molecule has 1 aromatic rings. The first-order valence-corrected chi connectivity index (χ1v) is 9.29. The number of ether oxygens (including phenoxy) is 1. The van der Waals surface area contributed by atoms with Gasteiger partial charge in [-0.1, -0.05) is 13.3 Å². The topological polar surface area (TPSA) is 41.5 Å². The van der Waals surface area contributed by atoms with E-state index in [-0.39, 0.29) is 0 Å². The largest absolute Gasteiger partial charge is 0.460 e. The van der Waals surface area contributed by atoms with Gasteiger partial charge in [-0.15, -0.1) is 0 Å². The van der Waals surface area contributed by atoms with E-state index in [1.165, 1.54) is 43.6 Å².